The Kier molecular flexibility index (Phi) is 2.59. The van der Waals surface area contributed by atoms with Crippen molar-refractivity contribution >= 4 is 11.9 Å². The van der Waals surface area contributed by atoms with E-state index < -0.39 is 23.3 Å². The molecule has 0 bridgehead atoms. The summed E-state index contributed by atoms with van der Waals surface area (Å²) in [6, 6.07) is 0. The summed E-state index contributed by atoms with van der Waals surface area (Å²) in [5.41, 5.74) is -0.832. The molecule has 2 atom stereocenters. The summed E-state index contributed by atoms with van der Waals surface area (Å²) < 4.78 is 0. The zero-order chi connectivity index (χ0) is 10.1. The second-order valence-corrected chi connectivity index (χ2v) is 4.00. The summed E-state index contributed by atoms with van der Waals surface area (Å²) in [7, 11) is 0. The van der Waals surface area contributed by atoms with Gasteiger partial charge in [-0.05, 0) is 26.2 Å². The van der Waals surface area contributed by atoms with E-state index in [1.54, 1.807) is 6.92 Å². The minimum Gasteiger partial charge on any atom is -0.481 e. The lowest BCUT2D eigenvalue weighted by atomic mass is 9.71. The number of carbonyl (C=O) groups is 2. The van der Waals surface area contributed by atoms with Gasteiger partial charge in [0.05, 0.1) is 11.3 Å². The third kappa shape index (κ3) is 1.99. The smallest absolute Gasteiger partial charge is 0.309 e. The first kappa shape index (κ1) is 10.0. The quantitative estimate of drug-likeness (QED) is 0.682. The average molecular weight is 186 g/mol. The molecule has 0 unspecified atom stereocenters. The van der Waals surface area contributed by atoms with Crippen molar-refractivity contribution in [2.24, 2.45) is 11.3 Å². The molecule has 1 saturated carbocycles. The van der Waals surface area contributed by atoms with Gasteiger partial charge in [-0.15, -0.1) is 0 Å². The lowest BCUT2D eigenvalue weighted by molar-refractivity contribution is -0.154. The summed E-state index contributed by atoms with van der Waals surface area (Å²) in [5, 5.41) is 17.7. The molecule has 0 amide bonds. The van der Waals surface area contributed by atoms with Crippen molar-refractivity contribution in [1.29, 1.82) is 0 Å². The largest absolute Gasteiger partial charge is 0.481 e. The van der Waals surface area contributed by atoms with Crippen LogP contribution in [0.3, 0.4) is 0 Å². The maximum absolute atomic E-state index is 10.9. The molecule has 1 fully saturated rings. The molecule has 1 aliphatic rings. The van der Waals surface area contributed by atoms with Crippen LogP contribution in [0.25, 0.3) is 0 Å². The first-order valence-corrected chi connectivity index (χ1v) is 4.42. The molecule has 0 spiro atoms. The van der Waals surface area contributed by atoms with E-state index in [9.17, 15) is 9.59 Å². The second kappa shape index (κ2) is 3.36. The fourth-order valence-electron chi connectivity index (χ4n) is 1.89. The minimum atomic E-state index is -0.876. The Hall–Kier alpha value is -1.06. The van der Waals surface area contributed by atoms with E-state index in [-0.39, 0.29) is 6.42 Å². The van der Waals surface area contributed by atoms with Crippen molar-refractivity contribution in [1.82, 2.24) is 0 Å². The molecule has 1 rings (SSSR count). The second-order valence-electron chi connectivity index (χ2n) is 4.00. The molecular weight excluding hydrogens is 172 g/mol. The highest BCUT2D eigenvalue weighted by Crippen LogP contribution is 2.39. The van der Waals surface area contributed by atoms with E-state index in [4.69, 9.17) is 10.2 Å². The predicted molar refractivity (Wildman–Crippen MR) is 45.3 cm³/mol. The molecule has 13 heavy (non-hydrogen) atoms. The topological polar surface area (TPSA) is 74.6 Å². The van der Waals surface area contributed by atoms with Gasteiger partial charge in [-0.2, -0.15) is 0 Å². The van der Waals surface area contributed by atoms with Crippen LogP contribution in [-0.4, -0.2) is 22.2 Å². The third-order valence-electron chi connectivity index (χ3n) is 2.84. The number of aliphatic carboxylic acids is 2. The van der Waals surface area contributed by atoms with Gasteiger partial charge < -0.3 is 10.2 Å². The van der Waals surface area contributed by atoms with Crippen LogP contribution in [0.15, 0.2) is 0 Å². The van der Waals surface area contributed by atoms with E-state index in [2.05, 4.69) is 0 Å². The standard InChI is InChI=1S/C9H14O4/c1-9(8(12)13)4-2-3-6(5-9)7(10)11/h6H,2-5H2,1H3,(H,10,11)(H,12,13)/t6-,9-/m0/s1. The maximum atomic E-state index is 10.9. The van der Waals surface area contributed by atoms with E-state index in [0.717, 1.165) is 0 Å². The van der Waals surface area contributed by atoms with Gasteiger partial charge in [0.2, 0.25) is 0 Å². The molecule has 0 radical (unpaired) electrons. The van der Waals surface area contributed by atoms with Crippen molar-refractivity contribution < 1.29 is 19.8 Å². The monoisotopic (exact) mass is 186 g/mol. The summed E-state index contributed by atoms with van der Waals surface area (Å²) in [6.45, 7) is 1.63. The van der Waals surface area contributed by atoms with Crippen LogP contribution in [0.2, 0.25) is 0 Å². The van der Waals surface area contributed by atoms with Gasteiger partial charge in [0.15, 0.2) is 0 Å². The summed E-state index contributed by atoms with van der Waals surface area (Å²) in [6.07, 6.45) is 2.15. The molecule has 0 aliphatic heterocycles. The summed E-state index contributed by atoms with van der Waals surface area (Å²) in [4.78, 5) is 21.5. The van der Waals surface area contributed by atoms with Gasteiger partial charge in [-0.1, -0.05) is 6.42 Å². The molecule has 74 valence electrons. The van der Waals surface area contributed by atoms with Gasteiger partial charge in [-0.25, -0.2) is 0 Å². The first-order chi connectivity index (χ1) is 5.96. The van der Waals surface area contributed by atoms with Crippen molar-refractivity contribution in [2.75, 3.05) is 0 Å². The number of rotatable bonds is 2. The third-order valence-corrected chi connectivity index (χ3v) is 2.84. The summed E-state index contributed by atoms with van der Waals surface area (Å²) in [5.74, 6) is -2.22. The van der Waals surface area contributed by atoms with Gasteiger partial charge in [0.1, 0.15) is 0 Å². The zero-order valence-corrected chi connectivity index (χ0v) is 7.62. The van der Waals surface area contributed by atoms with Crippen LogP contribution >= 0.6 is 0 Å². The Morgan fingerprint density at radius 3 is 2.46 bits per heavy atom. The molecule has 4 heteroatoms. The van der Waals surface area contributed by atoms with Crippen molar-refractivity contribution in [3.8, 4) is 0 Å². The van der Waals surface area contributed by atoms with Gasteiger partial charge in [0.25, 0.3) is 0 Å². The Labute approximate surface area is 76.6 Å². The lowest BCUT2D eigenvalue weighted by Gasteiger charge is -2.32. The van der Waals surface area contributed by atoms with Crippen molar-refractivity contribution in [3.63, 3.8) is 0 Å². The minimum absolute atomic E-state index is 0.262. The van der Waals surface area contributed by atoms with Gasteiger partial charge in [0, 0.05) is 0 Å². The number of carboxylic acid groups (broad SMARTS) is 2. The Balaban J connectivity index is 2.71. The highest BCUT2D eigenvalue weighted by Gasteiger charge is 2.40. The average Bonchev–Trinajstić information content (AvgIpc) is 2.04. The SMILES string of the molecule is C[C@]1(C(=O)O)CCC[C@H](C(=O)O)C1. The van der Waals surface area contributed by atoms with Crippen LogP contribution in [0, 0.1) is 11.3 Å². The highest BCUT2D eigenvalue weighted by atomic mass is 16.4. The molecule has 1 aliphatic carbocycles. The van der Waals surface area contributed by atoms with Crippen molar-refractivity contribution in [3.05, 3.63) is 0 Å². The van der Waals surface area contributed by atoms with Crippen LogP contribution in [0.4, 0.5) is 0 Å². The zero-order valence-electron chi connectivity index (χ0n) is 7.62. The summed E-state index contributed by atoms with van der Waals surface area (Å²) >= 11 is 0. The number of hydrogen-bond donors (Lipinski definition) is 2. The normalized spacial score (nSPS) is 34.1. The lowest BCUT2D eigenvalue weighted by Crippen LogP contribution is -2.36. The molecule has 0 saturated heterocycles. The van der Waals surface area contributed by atoms with Crippen molar-refractivity contribution in [2.45, 2.75) is 32.6 Å². The molecule has 0 heterocycles. The maximum Gasteiger partial charge on any atom is 0.309 e. The van der Waals surface area contributed by atoms with E-state index in [0.29, 0.717) is 19.3 Å². The van der Waals surface area contributed by atoms with E-state index in [1.165, 1.54) is 0 Å². The van der Waals surface area contributed by atoms with Crippen LogP contribution in [0.5, 0.6) is 0 Å². The van der Waals surface area contributed by atoms with E-state index in [1.807, 2.05) is 0 Å². The molecule has 2 N–H and O–H groups in total. The molecular formula is C9H14O4. The van der Waals surface area contributed by atoms with Gasteiger partial charge >= 0.3 is 11.9 Å². The number of hydrogen-bond acceptors (Lipinski definition) is 2. The number of carboxylic acids is 2. The van der Waals surface area contributed by atoms with Crippen LogP contribution < -0.4 is 0 Å². The highest BCUT2D eigenvalue weighted by molar-refractivity contribution is 5.77. The van der Waals surface area contributed by atoms with E-state index >= 15 is 0 Å². The molecule has 4 nitrogen and oxygen atoms in total. The Morgan fingerprint density at radius 2 is 2.00 bits per heavy atom. The molecule has 0 aromatic carbocycles. The molecule has 0 aromatic heterocycles. The van der Waals surface area contributed by atoms with Gasteiger partial charge in [-0.3, -0.25) is 9.59 Å². The Morgan fingerprint density at radius 1 is 1.38 bits per heavy atom. The Bertz CT molecular complexity index is 236. The fraction of sp³-hybridized carbons (Fsp3) is 0.778. The molecule has 0 aromatic rings. The van der Waals surface area contributed by atoms with Crippen LogP contribution in [-0.2, 0) is 9.59 Å². The fourth-order valence-corrected chi connectivity index (χ4v) is 1.89. The predicted octanol–water partition coefficient (Wildman–Crippen LogP) is 1.35. The van der Waals surface area contributed by atoms with Crippen LogP contribution in [0.1, 0.15) is 32.6 Å². The first-order valence-electron chi connectivity index (χ1n) is 4.42.